The molecule has 1 atom stereocenters. The van der Waals surface area contributed by atoms with Crippen molar-refractivity contribution >= 4 is 17.7 Å². The zero-order valence-electron chi connectivity index (χ0n) is 14.3. The Morgan fingerprint density at radius 1 is 1.37 bits per heavy atom. The molecule has 2 rings (SSSR count). The number of hydrogen-bond donors (Lipinski definition) is 1. The number of carbonyl (C=O) groups excluding carboxylic acids is 1. The molecule has 0 aliphatic heterocycles. The summed E-state index contributed by atoms with van der Waals surface area (Å²) in [6.45, 7) is 1.47. The zero-order valence-corrected chi connectivity index (χ0v) is 15.0. The summed E-state index contributed by atoms with van der Waals surface area (Å²) >= 11 is 6.16. The van der Waals surface area contributed by atoms with Gasteiger partial charge in [-0.3, -0.25) is 0 Å². The first-order valence-electron chi connectivity index (χ1n) is 7.88. The third kappa shape index (κ3) is 6.97. The number of nitrogens with two attached hydrogens (primary N) is 1. The van der Waals surface area contributed by atoms with Crippen LogP contribution in [0.25, 0.3) is 0 Å². The highest BCUT2D eigenvalue weighted by atomic mass is 35.5. The van der Waals surface area contributed by atoms with E-state index < -0.39 is 24.8 Å². The molecule has 0 aliphatic rings. The molecule has 1 aromatic heterocycles. The molecule has 11 heteroatoms. The van der Waals surface area contributed by atoms with Gasteiger partial charge >= 0.3 is 12.3 Å². The van der Waals surface area contributed by atoms with Gasteiger partial charge in [-0.2, -0.15) is 13.2 Å². The van der Waals surface area contributed by atoms with E-state index >= 15 is 0 Å². The maximum Gasteiger partial charge on any atom is 0.405 e. The normalized spacial score (nSPS) is 12.6. The molecule has 0 saturated heterocycles. The van der Waals surface area contributed by atoms with Crippen LogP contribution in [0.3, 0.4) is 0 Å². The molecule has 1 heterocycles. The summed E-state index contributed by atoms with van der Waals surface area (Å²) in [5, 5.41) is 7.76. The van der Waals surface area contributed by atoms with Crippen molar-refractivity contribution in [2.24, 2.45) is 5.73 Å². The number of halogens is 4. The molecule has 0 spiro atoms. The van der Waals surface area contributed by atoms with E-state index in [1.54, 1.807) is 6.92 Å². The van der Waals surface area contributed by atoms with Gasteiger partial charge in [0, 0.05) is 23.9 Å². The van der Waals surface area contributed by atoms with Gasteiger partial charge in [0.05, 0.1) is 13.0 Å². The average Bonchev–Trinajstić information content (AvgIpc) is 2.96. The smallest absolute Gasteiger partial charge is 0.405 e. The van der Waals surface area contributed by atoms with Crippen molar-refractivity contribution in [3.05, 3.63) is 40.6 Å². The lowest BCUT2D eigenvalue weighted by atomic mass is 10.1. The molecule has 0 aliphatic carbocycles. The Balaban J connectivity index is 2.12. The first-order valence-corrected chi connectivity index (χ1v) is 8.26. The van der Waals surface area contributed by atoms with Crippen molar-refractivity contribution in [3.63, 3.8) is 0 Å². The first kappa shape index (κ1) is 20.8. The van der Waals surface area contributed by atoms with Crippen LogP contribution in [0, 0.1) is 6.92 Å². The van der Waals surface area contributed by atoms with E-state index in [1.807, 2.05) is 0 Å². The van der Waals surface area contributed by atoms with Gasteiger partial charge in [-0.25, -0.2) is 4.79 Å². The number of ether oxygens (including phenoxy) is 2. The molecule has 2 N–H and O–H groups in total. The van der Waals surface area contributed by atoms with Crippen LogP contribution in [0.1, 0.15) is 36.3 Å². The van der Waals surface area contributed by atoms with Gasteiger partial charge in [-0.1, -0.05) is 11.6 Å². The number of hydrogen-bond acceptors (Lipinski definition) is 6. The van der Waals surface area contributed by atoms with Crippen LogP contribution >= 0.6 is 11.6 Å². The molecule has 1 unspecified atom stereocenters. The maximum absolute atomic E-state index is 12.2. The molecule has 7 nitrogen and oxygen atoms in total. The van der Waals surface area contributed by atoms with E-state index in [9.17, 15) is 18.0 Å². The van der Waals surface area contributed by atoms with Crippen molar-refractivity contribution in [2.45, 2.75) is 38.5 Å². The Bertz CT molecular complexity index is 783. The lowest BCUT2D eigenvalue weighted by molar-refractivity contribution is -0.136. The molecule has 0 saturated carbocycles. The second-order valence-corrected chi connectivity index (χ2v) is 6.00. The summed E-state index contributed by atoms with van der Waals surface area (Å²) < 4.78 is 52.2. The predicted octanol–water partition coefficient (Wildman–Crippen LogP) is 4.13. The van der Waals surface area contributed by atoms with Crippen LogP contribution in [0.5, 0.6) is 5.75 Å². The van der Waals surface area contributed by atoms with Crippen molar-refractivity contribution in [1.82, 2.24) is 10.2 Å². The van der Waals surface area contributed by atoms with Crippen LogP contribution in [-0.2, 0) is 11.2 Å². The predicted molar refractivity (Wildman–Crippen MR) is 88.4 cm³/mol. The summed E-state index contributed by atoms with van der Waals surface area (Å²) in [4.78, 5) is 11.2. The summed E-state index contributed by atoms with van der Waals surface area (Å²) in [7, 11) is 0. The molecule has 27 heavy (non-hydrogen) atoms. The van der Waals surface area contributed by atoms with Crippen molar-refractivity contribution < 1.29 is 31.9 Å². The van der Waals surface area contributed by atoms with Gasteiger partial charge in [0.2, 0.25) is 11.8 Å². The fourth-order valence-electron chi connectivity index (χ4n) is 2.25. The van der Waals surface area contributed by atoms with Gasteiger partial charge in [0.1, 0.15) is 11.9 Å². The number of aromatic nitrogens is 2. The number of carbonyl (C=O) groups is 1. The van der Waals surface area contributed by atoms with Gasteiger partial charge in [0.15, 0.2) is 0 Å². The third-order valence-corrected chi connectivity index (χ3v) is 3.72. The number of alkyl halides is 3. The summed E-state index contributed by atoms with van der Waals surface area (Å²) in [5.74, 6) is 0.804. The van der Waals surface area contributed by atoms with Crippen molar-refractivity contribution in [1.29, 1.82) is 0 Å². The van der Waals surface area contributed by atoms with Gasteiger partial charge < -0.3 is 19.6 Å². The number of primary amides is 1. The minimum absolute atomic E-state index is 0.0149. The summed E-state index contributed by atoms with van der Waals surface area (Å²) in [5.41, 5.74) is 5.45. The van der Waals surface area contributed by atoms with Crippen LogP contribution in [0.2, 0.25) is 5.02 Å². The molecular weight excluding hydrogens is 391 g/mol. The quantitative estimate of drug-likeness (QED) is 0.660. The maximum atomic E-state index is 12.2. The van der Waals surface area contributed by atoms with E-state index in [2.05, 4.69) is 10.2 Å². The largest absolute Gasteiger partial charge is 0.494 e. The second kappa shape index (κ2) is 8.94. The minimum Gasteiger partial charge on any atom is -0.494 e. The highest BCUT2D eigenvalue weighted by Gasteiger charge is 2.26. The summed E-state index contributed by atoms with van der Waals surface area (Å²) in [6, 6.07) is 4.44. The van der Waals surface area contributed by atoms with Crippen molar-refractivity contribution in [3.8, 4) is 5.75 Å². The monoisotopic (exact) mass is 407 g/mol. The first-order chi connectivity index (χ1) is 12.6. The van der Waals surface area contributed by atoms with Crippen LogP contribution in [-0.4, -0.2) is 29.1 Å². The Morgan fingerprint density at radius 3 is 2.70 bits per heavy atom. The lowest BCUT2D eigenvalue weighted by Crippen LogP contribution is -2.19. The van der Waals surface area contributed by atoms with Crippen LogP contribution in [0.15, 0.2) is 22.6 Å². The topological polar surface area (TPSA) is 100 Å². The van der Waals surface area contributed by atoms with Crippen LogP contribution < -0.4 is 10.5 Å². The molecule has 1 amide bonds. The molecule has 0 fully saturated rings. The molecular formula is C16H17ClF3N3O4. The second-order valence-electron chi connectivity index (χ2n) is 5.59. The van der Waals surface area contributed by atoms with E-state index in [1.165, 1.54) is 18.2 Å². The molecule has 0 bridgehead atoms. The summed E-state index contributed by atoms with van der Waals surface area (Å²) in [6.07, 6.45) is -7.34. The Kier molecular flexibility index (Phi) is 6.89. The van der Waals surface area contributed by atoms with E-state index in [-0.39, 0.29) is 36.1 Å². The third-order valence-electron chi connectivity index (χ3n) is 3.37. The number of aryl methyl sites for hydroxylation is 1. The number of benzene rings is 1. The SMILES string of the molecule is Cc1nnc(CC(OC(N)=O)c2cc(OCCCC(F)(F)F)ccc2Cl)o1. The standard InChI is InChI=1S/C16H17ClF3N3O4/c1-9-22-23-14(26-9)8-13(27-15(21)24)11-7-10(3-4-12(11)17)25-6-2-5-16(18,19)20/h3-4,7,13H,2,5-6,8H2,1H3,(H2,21,24). The minimum atomic E-state index is -4.24. The zero-order chi connectivity index (χ0) is 20.0. The number of amides is 1. The number of rotatable bonds is 8. The number of nitrogens with zero attached hydrogens (tertiary/aromatic N) is 2. The molecule has 0 radical (unpaired) electrons. The van der Waals surface area contributed by atoms with Gasteiger partial charge in [-0.05, 0) is 24.6 Å². The average molecular weight is 408 g/mol. The fourth-order valence-corrected chi connectivity index (χ4v) is 2.49. The molecule has 148 valence electrons. The molecule has 1 aromatic carbocycles. The Labute approximate surface area is 157 Å². The Hall–Kier alpha value is -2.49. The van der Waals surface area contributed by atoms with E-state index in [0.29, 0.717) is 11.5 Å². The van der Waals surface area contributed by atoms with E-state index in [4.69, 9.17) is 31.2 Å². The highest BCUT2D eigenvalue weighted by Crippen LogP contribution is 2.32. The lowest BCUT2D eigenvalue weighted by Gasteiger charge is -2.18. The van der Waals surface area contributed by atoms with Gasteiger partial charge in [-0.15, -0.1) is 10.2 Å². The van der Waals surface area contributed by atoms with Gasteiger partial charge in [0.25, 0.3) is 0 Å². The molecule has 2 aromatic rings. The van der Waals surface area contributed by atoms with E-state index in [0.717, 1.165) is 0 Å². The Morgan fingerprint density at radius 2 is 2.11 bits per heavy atom. The fraction of sp³-hybridized carbons (Fsp3) is 0.438. The van der Waals surface area contributed by atoms with Crippen molar-refractivity contribution in [2.75, 3.05) is 6.61 Å². The van der Waals surface area contributed by atoms with Crippen LogP contribution in [0.4, 0.5) is 18.0 Å². The highest BCUT2D eigenvalue weighted by molar-refractivity contribution is 6.31.